The molecule has 0 aliphatic carbocycles. The minimum Gasteiger partial charge on any atom is -0.254 e. The monoisotopic (exact) mass is 560 g/mol. The van der Waals surface area contributed by atoms with Crippen LogP contribution in [-0.2, 0) is 0 Å². The van der Waals surface area contributed by atoms with Crippen molar-refractivity contribution in [3.63, 3.8) is 0 Å². The highest BCUT2D eigenvalue weighted by molar-refractivity contribution is 6.25. The molecule has 0 N–H and O–H groups in total. The van der Waals surface area contributed by atoms with E-state index in [1.165, 1.54) is 0 Å². The lowest BCUT2D eigenvalue weighted by molar-refractivity contribution is 1.37. The van der Waals surface area contributed by atoms with E-state index in [2.05, 4.69) is 158 Å². The van der Waals surface area contributed by atoms with E-state index < -0.39 is 0 Å². The molecule has 0 fully saturated rings. The summed E-state index contributed by atoms with van der Waals surface area (Å²) in [6.45, 7) is 0. The van der Waals surface area contributed by atoms with Gasteiger partial charge in [0.2, 0.25) is 0 Å². The van der Waals surface area contributed by atoms with Crippen molar-refractivity contribution < 1.29 is 0 Å². The van der Waals surface area contributed by atoms with E-state index in [0.29, 0.717) is 0 Å². The zero-order chi connectivity index (χ0) is 29.3. The second-order valence-corrected chi connectivity index (χ2v) is 10.9. The molecule has 44 heavy (non-hydrogen) atoms. The first-order valence-electron chi connectivity index (χ1n) is 14.9. The zero-order valence-electron chi connectivity index (χ0n) is 24.1. The Hall–Kier alpha value is -5.86. The van der Waals surface area contributed by atoms with Crippen molar-refractivity contribution in [3.8, 4) is 55.8 Å². The predicted molar refractivity (Wildman–Crippen MR) is 184 cm³/mol. The number of hydrogen-bond acceptors (Lipinski definition) is 2. The van der Waals surface area contributed by atoms with Gasteiger partial charge in [0, 0.05) is 39.2 Å². The van der Waals surface area contributed by atoms with Crippen LogP contribution in [0.5, 0.6) is 0 Å². The van der Waals surface area contributed by atoms with Crippen LogP contribution in [0.1, 0.15) is 0 Å². The van der Waals surface area contributed by atoms with Gasteiger partial charge in [-0.1, -0.05) is 158 Å². The van der Waals surface area contributed by atoms with Gasteiger partial charge in [-0.05, 0) is 33.9 Å². The molecular formula is C42H28N2. The number of benzene rings is 6. The number of fused-ring (bicyclic) bond motifs is 3. The number of aromatic nitrogens is 2. The molecule has 2 nitrogen and oxygen atoms in total. The first-order valence-corrected chi connectivity index (χ1v) is 14.9. The van der Waals surface area contributed by atoms with E-state index in [9.17, 15) is 0 Å². The summed E-state index contributed by atoms with van der Waals surface area (Å²) in [6.07, 6.45) is 1.88. The maximum absolute atomic E-state index is 5.59. The fraction of sp³-hybridized carbons (Fsp3) is 0. The molecule has 0 radical (unpaired) electrons. The van der Waals surface area contributed by atoms with E-state index in [4.69, 9.17) is 9.97 Å². The lowest BCUT2D eigenvalue weighted by atomic mass is 9.81. The van der Waals surface area contributed by atoms with Crippen molar-refractivity contribution in [1.82, 2.24) is 9.97 Å². The lowest BCUT2D eigenvalue weighted by Crippen LogP contribution is -2.01. The normalized spacial score (nSPS) is 11.2. The molecule has 206 valence electrons. The maximum Gasteiger partial charge on any atom is 0.0985 e. The van der Waals surface area contributed by atoms with Gasteiger partial charge in [0.15, 0.2) is 0 Å². The van der Waals surface area contributed by atoms with Gasteiger partial charge in [-0.2, -0.15) is 0 Å². The molecule has 0 aliphatic heterocycles. The van der Waals surface area contributed by atoms with Gasteiger partial charge in [0.25, 0.3) is 0 Å². The molecule has 2 heterocycles. The third-order valence-electron chi connectivity index (χ3n) is 8.30. The Balaban J connectivity index is 1.71. The Morgan fingerprint density at radius 1 is 0.318 bits per heavy atom. The topological polar surface area (TPSA) is 25.8 Å². The van der Waals surface area contributed by atoms with Crippen LogP contribution in [0.4, 0.5) is 0 Å². The van der Waals surface area contributed by atoms with E-state index >= 15 is 0 Å². The number of nitrogens with zero attached hydrogens (tertiary/aromatic N) is 2. The van der Waals surface area contributed by atoms with E-state index in [-0.39, 0.29) is 0 Å². The molecule has 0 aliphatic rings. The molecule has 0 saturated heterocycles. The van der Waals surface area contributed by atoms with Crippen molar-refractivity contribution in [1.29, 1.82) is 0 Å². The SMILES string of the molecule is c1ccc(-c2nc3c(c(-c4ccccc4)c2-c2ccccc2)c(-c2ccccc2)c(-c2ccccc2)c2cccnc23)cc1. The second kappa shape index (κ2) is 11.1. The second-order valence-electron chi connectivity index (χ2n) is 10.9. The van der Waals surface area contributed by atoms with Gasteiger partial charge in [0.05, 0.1) is 16.7 Å². The molecular weight excluding hydrogens is 532 g/mol. The van der Waals surface area contributed by atoms with Crippen molar-refractivity contribution in [3.05, 3.63) is 170 Å². The zero-order valence-corrected chi connectivity index (χ0v) is 24.1. The lowest BCUT2D eigenvalue weighted by Gasteiger charge is -2.24. The first-order chi connectivity index (χ1) is 21.9. The summed E-state index contributed by atoms with van der Waals surface area (Å²) in [5, 5.41) is 2.19. The van der Waals surface area contributed by atoms with Crippen molar-refractivity contribution in [2.24, 2.45) is 0 Å². The number of pyridine rings is 2. The molecule has 0 amide bonds. The number of hydrogen-bond donors (Lipinski definition) is 0. The van der Waals surface area contributed by atoms with E-state index in [1.807, 2.05) is 12.3 Å². The highest BCUT2D eigenvalue weighted by Crippen LogP contribution is 2.51. The third-order valence-corrected chi connectivity index (χ3v) is 8.30. The Labute approximate surface area is 257 Å². The molecule has 8 aromatic rings. The molecule has 0 unspecified atom stereocenters. The Bertz CT molecular complexity index is 2230. The average Bonchev–Trinajstić information content (AvgIpc) is 3.12. The smallest absolute Gasteiger partial charge is 0.0985 e. The Morgan fingerprint density at radius 3 is 1.23 bits per heavy atom. The molecule has 0 spiro atoms. The summed E-state index contributed by atoms with van der Waals surface area (Å²) in [5.74, 6) is 0. The molecule has 6 aromatic carbocycles. The van der Waals surface area contributed by atoms with Gasteiger partial charge in [-0.15, -0.1) is 0 Å². The quantitative estimate of drug-likeness (QED) is 0.196. The molecule has 0 bridgehead atoms. The van der Waals surface area contributed by atoms with Crippen LogP contribution in [0, 0.1) is 0 Å². The highest BCUT2D eigenvalue weighted by atomic mass is 14.8. The fourth-order valence-corrected chi connectivity index (χ4v) is 6.44. The van der Waals surface area contributed by atoms with Crippen molar-refractivity contribution in [2.75, 3.05) is 0 Å². The van der Waals surface area contributed by atoms with Crippen LogP contribution in [0.2, 0.25) is 0 Å². The van der Waals surface area contributed by atoms with Crippen molar-refractivity contribution in [2.45, 2.75) is 0 Å². The van der Waals surface area contributed by atoms with Crippen molar-refractivity contribution >= 4 is 21.8 Å². The highest BCUT2D eigenvalue weighted by Gasteiger charge is 2.26. The minimum atomic E-state index is 0.898. The van der Waals surface area contributed by atoms with Gasteiger partial charge in [-0.3, -0.25) is 4.98 Å². The van der Waals surface area contributed by atoms with Crippen LogP contribution in [-0.4, -0.2) is 9.97 Å². The van der Waals surface area contributed by atoms with Crippen LogP contribution in [0.3, 0.4) is 0 Å². The molecule has 2 aromatic heterocycles. The first kappa shape index (κ1) is 25.8. The van der Waals surface area contributed by atoms with Gasteiger partial charge in [-0.25, -0.2) is 4.98 Å². The van der Waals surface area contributed by atoms with Crippen LogP contribution in [0.25, 0.3) is 77.6 Å². The maximum atomic E-state index is 5.59. The fourth-order valence-electron chi connectivity index (χ4n) is 6.44. The van der Waals surface area contributed by atoms with Gasteiger partial charge >= 0.3 is 0 Å². The average molecular weight is 561 g/mol. The van der Waals surface area contributed by atoms with Gasteiger partial charge in [0.1, 0.15) is 0 Å². The largest absolute Gasteiger partial charge is 0.254 e. The summed E-state index contributed by atoms with van der Waals surface area (Å²) in [6, 6.07) is 57.6. The molecule has 0 saturated carbocycles. The summed E-state index contributed by atoms with van der Waals surface area (Å²) >= 11 is 0. The van der Waals surface area contributed by atoms with E-state index in [0.717, 1.165) is 77.6 Å². The van der Waals surface area contributed by atoms with Crippen LogP contribution >= 0.6 is 0 Å². The standard InChI is InChI=1S/C42H28N2/c1-6-17-29(18-7-1)35-34-27-16-28-43-41(34)42-39(36(35)30-19-8-2-9-20-30)37(31-21-10-3-11-22-31)38(32-23-12-4-13-24-32)40(44-42)33-25-14-5-15-26-33/h1-28H. The predicted octanol–water partition coefficient (Wildman–Crippen LogP) is 11.1. The Morgan fingerprint density at radius 2 is 0.727 bits per heavy atom. The minimum absolute atomic E-state index is 0.898. The third kappa shape index (κ3) is 4.36. The van der Waals surface area contributed by atoms with Gasteiger partial charge < -0.3 is 0 Å². The number of rotatable bonds is 5. The summed E-state index contributed by atoms with van der Waals surface area (Å²) in [7, 11) is 0. The van der Waals surface area contributed by atoms with Crippen LogP contribution < -0.4 is 0 Å². The summed E-state index contributed by atoms with van der Waals surface area (Å²) in [4.78, 5) is 10.6. The molecule has 2 heteroatoms. The Kier molecular flexibility index (Phi) is 6.51. The molecule has 0 atom stereocenters. The van der Waals surface area contributed by atoms with Crippen LogP contribution in [0.15, 0.2) is 170 Å². The molecule has 8 rings (SSSR count). The van der Waals surface area contributed by atoms with E-state index in [1.54, 1.807) is 0 Å². The summed E-state index contributed by atoms with van der Waals surface area (Å²) < 4.78 is 0. The summed E-state index contributed by atoms with van der Waals surface area (Å²) in [5.41, 5.74) is 13.0.